The van der Waals surface area contributed by atoms with Gasteiger partial charge in [-0.1, -0.05) is 0 Å². The SMILES string of the molecule is Cc1csc(CCNC2CC(C)N(C)C2)n1. The largest absolute Gasteiger partial charge is 0.312 e. The van der Waals surface area contributed by atoms with Gasteiger partial charge in [0.05, 0.1) is 5.01 Å². The van der Waals surface area contributed by atoms with Crippen molar-refractivity contribution in [2.45, 2.75) is 38.8 Å². The molecule has 2 unspecified atom stereocenters. The molecule has 0 saturated carbocycles. The van der Waals surface area contributed by atoms with Crippen molar-refractivity contribution in [1.29, 1.82) is 0 Å². The fourth-order valence-electron chi connectivity index (χ4n) is 2.24. The molecule has 2 heterocycles. The number of likely N-dealkylation sites (tertiary alicyclic amines) is 1. The van der Waals surface area contributed by atoms with Crippen molar-refractivity contribution in [1.82, 2.24) is 15.2 Å². The summed E-state index contributed by atoms with van der Waals surface area (Å²) < 4.78 is 0. The van der Waals surface area contributed by atoms with Crippen molar-refractivity contribution in [2.24, 2.45) is 0 Å². The van der Waals surface area contributed by atoms with Gasteiger partial charge in [-0.05, 0) is 27.3 Å². The lowest BCUT2D eigenvalue weighted by atomic mass is 10.2. The Morgan fingerprint density at radius 2 is 2.44 bits per heavy atom. The molecule has 16 heavy (non-hydrogen) atoms. The summed E-state index contributed by atoms with van der Waals surface area (Å²) in [6.07, 6.45) is 2.33. The summed E-state index contributed by atoms with van der Waals surface area (Å²) in [5.74, 6) is 0. The van der Waals surface area contributed by atoms with Crippen LogP contribution in [0.2, 0.25) is 0 Å². The number of hydrogen-bond acceptors (Lipinski definition) is 4. The zero-order valence-corrected chi connectivity index (χ0v) is 11.2. The second-order valence-corrected chi connectivity index (χ2v) is 5.75. The molecule has 2 rings (SSSR count). The van der Waals surface area contributed by atoms with Gasteiger partial charge in [0.2, 0.25) is 0 Å². The summed E-state index contributed by atoms with van der Waals surface area (Å²) in [5.41, 5.74) is 1.15. The molecule has 0 radical (unpaired) electrons. The van der Waals surface area contributed by atoms with Gasteiger partial charge in [-0.2, -0.15) is 0 Å². The van der Waals surface area contributed by atoms with Gasteiger partial charge in [0.1, 0.15) is 0 Å². The number of likely N-dealkylation sites (N-methyl/N-ethyl adjacent to an activating group) is 1. The third kappa shape index (κ3) is 3.03. The maximum atomic E-state index is 4.47. The molecule has 1 aliphatic rings. The standard InChI is InChI=1S/C12H21N3S/c1-9-8-16-12(14-9)4-5-13-11-6-10(2)15(3)7-11/h8,10-11,13H,4-7H2,1-3H3. The summed E-state index contributed by atoms with van der Waals surface area (Å²) in [6, 6.07) is 1.39. The first kappa shape index (κ1) is 12.0. The molecule has 0 spiro atoms. The number of aromatic nitrogens is 1. The van der Waals surface area contributed by atoms with Gasteiger partial charge in [-0.3, -0.25) is 0 Å². The molecule has 1 saturated heterocycles. The Bertz CT molecular complexity index is 327. The van der Waals surface area contributed by atoms with Crippen LogP contribution in [-0.2, 0) is 6.42 Å². The summed E-state index contributed by atoms with van der Waals surface area (Å²) in [7, 11) is 2.20. The van der Waals surface area contributed by atoms with Crippen LogP contribution in [0.4, 0.5) is 0 Å². The van der Waals surface area contributed by atoms with Crippen LogP contribution < -0.4 is 5.32 Å². The predicted octanol–water partition coefficient (Wildman–Crippen LogP) is 1.68. The Morgan fingerprint density at radius 1 is 1.62 bits per heavy atom. The summed E-state index contributed by atoms with van der Waals surface area (Å²) >= 11 is 1.77. The third-order valence-corrected chi connectivity index (χ3v) is 4.35. The van der Waals surface area contributed by atoms with E-state index in [0.29, 0.717) is 6.04 Å². The molecular weight excluding hydrogens is 218 g/mol. The highest BCUT2D eigenvalue weighted by molar-refractivity contribution is 7.09. The molecule has 3 nitrogen and oxygen atoms in total. The first-order valence-corrected chi connectivity index (χ1v) is 6.87. The Balaban J connectivity index is 1.69. The fourth-order valence-corrected chi connectivity index (χ4v) is 3.02. The molecule has 0 aliphatic carbocycles. The van der Waals surface area contributed by atoms with Gasteiger partial charge in [-0.25, -0.2) is 4.98 Å². The Morgan fingerprint density at radius 3 is 3.00 bits per heavy atom. The number of aryl methyl sites for hydroxylation is 1. The Hall–Kier alpha value is -0.450. The van der Waals surface area contributed by atoms with Crippen molar-refractivity contribution >= 4 is 11.3 Å². The van der Waals surface area contributed by atoms with E-state index in [9.17, 15) is 0 Å². The highest BCUT2D eigenvalue weighted by Crippen LogP contribution is 2.15. The van der Waals surface area contributed by atoms with E-state index in [2.05, 4.69) is 41.5 Å². The Labute approximate surface area is 102 Å². The van der Waals surface area contributed by atoms with Crippen LogP contribution in [0.5, 0.6) is 0 Å². The fraction of sp³-hybridized carbons (Fsp3) is 0.750. The van der Waals surface area contributed by atoms with E-state index in [-0.39, 0.29) is 0 Å². The van der Waals surface area contributed by atoms with Gasteiger partial charge in [-0.15, -0.1) is 11.3 Å². The van der Waals surface area contributed by atoms with Gasteiger partial charge >= 0.3 is 0 Å². The second kappa shape index (κ2) is 5.25. The van der Waals surface area contributed by atoms with E-state index in [0.717, 1.165) is 24.7 Å². The number of hydrogen-bond donors (Lipinski definition) is 1. The molecule has 0 aromatic carbocycles. The van der Waals surface area contributed by atoms with Crippen molar-refractivity contribution in [3.8, 4) is 0 Å². The zero-order valence-electron chi connectivity index (χ0n) is 10.4. The van der Waals surface area contributed by atoms with E-state index in [1.165, 1.54) is 18.0 Å². The maximum absolute atomic E-state index is 4.47. The number of nitrogens with zero attached hydrogens (tertiary/aromatic N) is 2. The van der Waals surface area contributed by atoms with Gasteiger partial charge < -0.3 is 10.2 Å². The minimum absolute atomic E-state index is 0.668. The summed E-state index contributed by atoms with van der Waals surface area (Å²) in [5, 5.41) is 7.00. The average Bonchev–Trinajstić information content (AvgIpc) is 2.75. The monoisotopic (exact) mass is 239 g/mol. The normalized spacial score (nSPS) is 26.4. The molecule has 1 N–H and O–H groups in total. The van der Waals surface area contributed by atoms with E-state index < -0.39 is 0 Å². The summed E-state index contributed by atoms with van der Waals surface area (Å²) in [6.45, 7) is 6.59. The van der Waals surface area contributed by atoms with Crippen molar-refractivity contribution < 1.29 is 0 Å². The van der Waals surface area contributed by atoms with Crippen LogP contribution in [0.1, 0.15) is 24.0 Å². The van der Waals surface area contributed by atoms with Crippen LogP contribution in [0, 0.1) is 6.92 Å². The minimum Gasteiger partial charge on any atom is -0.312 e. The minimum atomic E-state index is 0.668. The van der Waals surface area contributed by atoms with E-state index in [4.69, 9.17) is 0 Å². The first-order valence-electron chi connectivity index (χ1n) is 6.00. The zero-order chi connectivity index (χ0) is 11.5. The second-order valence-electron chi connectivity index (χ2n) is 4.81. The summed E-state index contributed by atoms with van der Waals surface area (Å²) in [4.78, 5) is 6.89. The van der Waals surface area contributed by atoms with E-state index in [1.54, 1.807) is 11.3 Å². The topological polar surface area (TPSA) is 28.2 Å². The smallest absolute Gasteiger partial charge is 0.0940 e. The molecule has 1 aromatic rings. The number of rotatable bonds is 4. The van der Waals surface area contributed by atoms with Crippen molar-refractivity contribution in [2.75, 3.05) is 20.1 Å². The van der Waals surface area contributed by atoms with Crippen molar-refractivity contribution in [3.63, 3.8) is 0 Å². The van der Waals surface area contributed by atoms with Crippen LogP contribution in [-0.4, -0.2) is 42.1 Å². The molecule has 90 valence electrons. The highest BCUT2D eigenvalue weighted by Gasteiger charge is 2.25. The first-order chi connectivity index (χ1) is 7.65. The predicted molar refractivity (Wildman–Crippen MR) is 69.1 cm³/mol. The van der Waals surface area contributed by atoms with Crippen LogP contribution in [0.25, 0.3) is 0 Å². The molecule has 0 bridgehead atoms. The van der Waals surface area contributed by atoms with Crippen LogP contribution in [0.3, 0.4) is 0 Å². The molecule has 1 aliphatic heterocycles. The molecule has 2 atom stereocenters. The lowest BCUT2D eigenvalue weighted by Gasteiger charge is -2.13. The van der Waals surface area contributed by atoms with E-state index >= 15 is 0 Å². The van der Waals surface area contributed by atoms with Crippen LogP contribution >= 0.6 is 11.3 Å². The number of nitrogens with one attached hydrogen (secondary N) is 1. The molecule has 1 fully saturated rings. The van der Waals surface area contributed by atoms with Gasteiger partial charge in [0.25, 0.3) is 0 Å². The van der Waals surface area contributed by atoms with Crippen LogP contribution in [0.15, 0.2) is 5.38 Å². The van der Waals surface area contributed by atoms with Gasteiger partial charge in [0, 0.05) is 42.7 Å². The van der Waals surface area contributed by atoms with Gasteiger partial charge in [0.15, 0.2) is 0 Å². The Kier molecular flexibility index (Phi) is 3.95. The van der Waals surface area contributed by atoms with E-state index in [1.807, 2.05) is 0 Å². The molecule has 4 heteroatoms. The lowest BCUT2D eigenvalue weighted by molar-refractivity contribution is 0.327. The molecular formula is C12H21N3S. The average molecular weight is 239 g/mol. The third-order valence-electron chi connectivity index (χ3n) is 3.32. The quantitative estimate of drug-likeness (QED) is 0.866. The number of thiazole rings is 1. The molecule has 1 aromatic heterocycles. The maximum Gasteiger partial charge on any atom is 0.0940 e. The molecule has 0 amide bonds. The highest BCUT2D eigenvalue weighted by atomic mass is 32.1. The lowest BCUT2D eigenvalue weighted by Crippen LogP contribution is -2.32. The van der Waals surface area contributed by atoms with Crippen molar-refractivity contribution in [3.05, 3.63) is 16.1 Å².